The minimum absolute atomic E-state index is 0.116. The summed E-state index contributed by atoms with van der Waals surface area (Å²) in [7, 11) is 0. The van der Waals surface area contributed by atoms with E-state index in [-0.39, 0.29) is 23.8 Å². The zero-order valence-electron chi connectivity index (χ0n) is 16.2. The Bertz CT molecular complexity index is 1370. The third-order valence-electron chi connectivity index (χ3n) is 4.56. The Morgan fingerprint density at radius 1 is 1.00 bits per heavy atom. The number of allylic oxidation sites excluding steroid dienone is 2. The molecule has 0 fully saturated rings. The molecule has 2 N–H and O–H groups in total. The van der Waals surface area contributed by atoms with Crippen molar-refractivity contribution in [3.8, 4) is 46.7 Å². The van der Waals surface area contributed by atoms with Crippen LogP contribution in [0.4, 0.5) is 5.69 Å². The fraction of sp³-hybridized carbons (Fsp3) is 0.0455. The van der Waals surface area contributed by atoms with E-state index in [2.05, 4.69) is 10.4 Å². The van der Waals surface area contributed by atoms with Gasteiger partial charge in [-0.05, 0) is 48.5 Å². The molecule has 3 aromatic rings. The second-order valence-electron chi connectivity index (χ2n) is 6.46. The number of aromatic nitrogens is 2. The Balaban J connectivity index is 1.72. The average molecular weight is 424 g/mol. The van der Waals surface area contributed by atoms with Crippen molar-refractivity contribution in [2.75, 3.05) is 12.1 Å². The molecule has 0 saturated heterocycles. The lowest BCUT2D eigenvalue weighted by Gasteiger charge is -2.10. The summed E-state index contributed by atoms with van der Waals surface area (Å²) in [5.74, 6) is -0.0224. The average Bonchev–Trinajstić information content (AvgIpc) is 3.46. The number of nitrogens with one attached hydrogen (secondary N) is 1. The summed E-state index contributed by atoms with van der Waals surface area (Å²) >= 11 is 0. The van der Waals surface area contributed by atoms with Crippen molar-refractivity contribution in [2.45, 2.75) is 0 Å². The van der Waals surface area contributed by atoms with E-state index in [1.54, 1.807) is 60.7 Å². The first-order chi connectivity index (χ1) is 15.5. The molecule has 0 radical (unpaired) electrons. The Labute approximate surface area is 181 Å². The molecule has 10 nitrogen and oxygen atoms in total. The number of anilines is 1. The molecule has 0 amide bonds. The van der Waals surface area contributed by atoms with Gasteiger partial charge in [-0.25, -0.2) is 9.48 Å². The van der Waals surface area contributed by atoms with Crippen LogP contribution in [0.3, 0.4) is 0 Å². The second-order valence-corrected chi connectivity index (χ2v) is 6.46. The SMILES string of the molecule is N#CC(C#N)=C(C#N)Nc1ccc(-n2nc(C(=O)O)cc2-c2ccc3c(c2)OCO3)cc1. The van der Waals surface area contributed by atoms with Gasteiger partial charge in [0.25, 0.3) is 0 Å². The van der Waals surface area contributed by atoms with Crippen LogP contribution in [0.5, 0.6) is 11.5 Å². The van der Waals surface area contributed by atoms with Gasteiger partial charge in [0.15, 0.2) is 22.8 Å². The second kappa shape index (κ2) is 8.23. The van der Waals surface area contributed by atoms with Gasteiger partial charge in [-0.3, -0.25) is 0 Å². The number of nitrogens with zero attached hydrogens (tertiary/aromatic N) is 5. The van der Waals surface area contributed by atoms with E-state index in [0.717, 1.165) is 0 Å². The maximum absolute atomic E-state index is 11.5. The lowest BCUT2D eigenvalue weighted by atomic mass is 10.1. The Kier molecular flexibility index (Phi) is 5.15. The molecule has 0 unspecified atom stereocenters. The highest BCUT2D eigenvalue weighted by molar-refractivity contribution is 5.87. The summed E-state index contributed by atoms with van der Waals surface area (Å²) in [5, 5.41) is 43.4. The van der Waals surface area contributed by atoms with Crippen LogP contribution < -0.4 is 14.8 Å². The van der Waals surface area contributed by atoms with Crippen LogP contribution in [-0.2, 0) is 0 Å². The van der Waals surface area contributed by atoms with Crippen LogP contribution in [0.15, 0.2) is 59.8 Å². The van der Waals surface area contributed by atoms with Crippen LogP contribution in [0.25, 0.3) is 16.9 Å². The van der Waals surface area contributed by atoms with Crippen LogP contribution in [0.1, 0.15) is 10.5 Å². The van der Waals surface area contributed by atoms with E-state index in [0.29, 0.717) is 34.1 Å². The molecule has 1 aliphatic heterocycles. The van der Waals surface area contributed by atoms with Gasteiger partial charge in [-0.15, -0.1) is 0 Å². The number of benzene rings is 2. The van der Waals surface area contributed by atoms with Crippen molar-refractivity contribution in [1.29, 1.82) is 15.8 Å². The predicted molar refractivity (Wildman–Crippen MR) is 110 cm³/mol. The van der Waals surface area contributed by atoms with E-state index in [1.807, 2.05) is 0 Å². The molecule has 2 aromatic carbocycles. The first-order valence-corrected chi connectivity index (χ1v) is 9.09. The lowest BCUT2D eigenvalue weighted by molar-refractivity contribution is 0.0690. The molecular weight excluding hydrogens is 412 g/mol. The van der Waals surface area contributed by atoms with Crippen molar-refractivity contribution in [3.63, 3.8) is 0 Å². The molecule has 1 aromatic heterocycles. The number of carbonyl (C=O) groups is 1. The summed E-state index contributed by atoms with van der Waals surface area (Å²) in [6.07, 6.45) is 0. The Morgan fingerprint density at radius 2 is 1.72 bits per heavy atom. The molecule has 10 heteroatoms. The minimum atomic E-state index is -1.17. The van der Waals surface area contributed by atoms with E-state index >= 15 is 0 Å². The number of carboxylic acids is 1. The number of hydrogen-bond donors (Lipinski definition) is 2. The zero-order valence-corrected chi connectivity index (χ0v) is 16.2. The maximum atomic E-state index is 11.5. The number of carboxylic acid groups (broad SMARTS) is 1. The summed E-state index contributed by atoms with van der Waals surface area (Å²) in [5.41, 5.74) is 1.58. The Morgan fingerprint density at radius 3 is 2.38 bits per heavy atom. The fourth-order valence-corrected chi connectivity index (χ4v) is 3.06. The van der Waals surface area contributed by atoms with Crippen LogP contribution >= 0.6 is 0 Å². The molecular formula is C22H12N6O4. The summed E-state index contributed by atoms with van der Waals surface area (Å²) in [6, 6.07) is 18.4. The normalized spacial score (nSPS) is 11.0. The molecule has 154 valence electrons. The van der Waals surface area contributed by atoms with Gasteiger partial charge in [0.05, 0.1) is 11.4 Å². The number of nitriles is 3. The first kappa shape index (κ1) is 20.0. The standard InChI is InChI=1S/C22H12N6O4/c23-9-14(10-24)18(11-25)26-15-2-4-16(5-3-15)28-19(8-17(27-28)22(29)30)13-1-6-20-21(7-13)32-12-31-20/h1-8,26H,12H2,(H,29,30). The lowest BCUT2D eigenvalue weighted by Crippen LogP contribution is -2.03. The van der Waals surface area contributed by atoms with Gasteiger partial charge in [0, 0.05) is 11.3 Å². The smallest absolute Gasteiger partial charge is 0.356 e. The molecule has 2 heterocycles. The van der Waals surface area contributed by atoms with Gasteiger partial charge < -0.3 is 19.9 Å². The highest BCUT2D eigenvalue weighted by Gasteiger charge is 2.19. The van der Waals surface area contributed by atoms with E-state index in [9.17, 15) is 15.2 Å². The first-order valence-electron chi connectivity index (χ1n) is 9.09. The van der Waals surface area contributed by atoms with Crippen LogP contribution in [-0.4, -0.2) is 27.6 Å². The Hall–Kier alpha value is -5.27. The van der Waals surface area contributed by atoms with Crippen LogP contribution in [0.2, 0.25) is 0 Å². The largest absolute Gasteiger partial charge is 0.476 e. The molecule has 0 bridgehead atoms. The summed E-state index contributed by atoms with van der Waals surface area (Å²) in [6.45, 7) is 0.116. The van der Waals surface area contributed by atoms with Gasteiger partial charge in [0.1, 0.15) is 23.9 Å². The number of rotatable bonds is 5. The van der Waals surface area contributed by atoms with E-state index in [4.69, 9.17) is 20.0 Å². The summed E-state index contributed by atoms with van der Waals surface area (Å²) < 4.78 is 12.2. The highest BCUT2D eigenvalue weighted by atomic mass is 16.7. The van der Waals surface area contributed by atoms with E-state index < -0.39 is 5.97 Å². The highest BCUT2D eigenvalue weighted by Crippen LogP contribution is 2.36. The van der Waals surface area contributed by atoms with Crippen molar-refractivity contribution < 1.29 is 19.4 Å². The fourth-order valence-electron chi connectivity index (χ4n) is 3.06. The quantitative estimate of drug-likeness (QED) is 0.587. The van der Waals surface area contributed by atoms with Gasteiger partial charge in [-0.2, -0.15) is 20.9 Å². The number of fused-ring (bicyclic) bond motifs is 1. The molecule has 4 rings (SSSR count). The van der Waals surface area contributed by atoms with Gasteiger partial charge in [-0.1, -0.05) is 0 Å². The molecule has 32 heavy (non-hydrogen) atoms. The van der Waals surface area contributed by atoms with Crippen molar-refractivity contribution in [3.05, 3.63) is 65.5 Å². The third kappa shape index (κ3) is 3.65. The third-order valence-corrected chi connectivity index (χ3v) is 4.56. The van der Waals surface area contributed by atoms with E-state index in [1.165, 1.54) is 10.7 Å². The van der Waals surface area contributed by atoms with Gasteiger partial charge >= 0.3 is 5.97 Å². The number of hydrogen-bond acceptors (Lipinski definition) is 8. The van der Waals surface area contributed by atoms with Crippen molar-refractivity contribution in [1.82, 2.24) is 9.78 Å². The minimum Gasteiger partial charge on any atom is -0.476 e. The molecule has 1 aliphatic rings. The number of ether oxygens (including phenoxy) is 2. The van der Waals surface area contributed by atoms with Crippen molar-refractivity contribution in [2.24, 2.45) is 0 Å². The predicted octanol–water partition coefficient (Wildman–Crippen LogP) is 3.20. The molecule has 0 atom stereocenters. The molecule has 0 aliphatic carbocycles. The maximum Gasteiger partial charge on any atom is 0.356 e. The van der Waals surface area contributed by atoms with Crippen molar-refractivity contribution >= 4 is 11.7 Å². The van der Waals surface area contributed by atoms with Gasteiger partial charge in [0.2, 0.25) is 6.79 Å². The number of aromatic carboxylic acids is 1. The zero-order chi connectivity index (χ0) is 22.7. The molecule has 0 saturated carbocycles. The topological polar surface area (TPSA) is 157 Å². The molecule has 0 spiro atoms. The van der Waals surface area contributed by atoms with Crippen LogP contribution in [0, 0.1) is 34.0 Å². The monoisotopic (exact) mass is 424 g/mol. The summed E-state index contributed by atoms with van der Waals surface area (Å²) in [4.78, 5) is 11.5.